The molecule has 10 rings (SSSR count). The number of benzene rings is 8. The molecule has 0 unspecified atom stereocenters. The van der Waals surface area contributed by atoms with Crippen LogP contribution in [0.25, 0.3) is 38.3 Å². The maximum Gasteiger partial charge on any atom is 0.0742 e. The number of rotatable bonds is 5. The van der Waals surface area contributed by atoms with Gasteiger partial charge in [-0.1, -0.05) is 159 Å². The van der Waals surface area contributed by atoms with Gasteiger partial charge >= 0.3 is 0 Å². The Labute approximate surface area is 294 Å². The van der Waals surface area contributed by atoms with Crippen LogP contribution in [0.5, 0.6) is 0 Å². The fourth-order valence-electron chi connectivity index (χ4n) is 8.45. The van der Waals surface area contributed by atoms with Crippen LogP contribution in [0, 0.1) is 0 Å². The molecule has 1 aromatic heterocycles. The van der Waals surface area contributed by atoms with Gasteiger partial charge in [-0.05, 0) is 70.1 Å². The second-order valence-electron chi connectivity index (χ2n) is 12.9. The summed E-state index contributed by atoms with van der Waals surface area (Å²) in [6.45, 7) is 0. The fourth-order valence-corrected chi connectivity index (χ4v) is 8.45. The van der Waals surface area contributed by atoms with E-state index in [2.05, 4.69) is 204 Å². The predicted octanol–water partition coefficient (Wildman–Crippen LogP) is 13.0. The summed E-state index contributed by atoms with van der Waals surface area (Å²) in [4.78, 5) is 2.40. The van der Waals surface area contributed by atoms with Crippen LogP contribution in [-0.4, -0.2) is 4.57 Å². The second-order valence-corrected chi connectivity index (χ2v) is 12.9. The van der Waals surface area contributed by atoms with Crippen molar-refractivity contribution in [1.82, 2.24) is 4.57 Å². The molecule has 2 heterocycles. The van der Waals surface area contributed by atoms with Gasteiger partial charge in [-0.2, -0.15) is 0 Å². The van der Waals surface area contributed by atoms with E-state index in [1.165, 1.54) is 60.5 Å². The number of anilines is 3. The Kier molecular flexibility index (Phi) is 6.93. The van der Waals surface area contributed by atoms with E-state index in [0.717, 1.165) is 17.1 Å². The molecule has 240 valence electrons. The van der Waals surface area contributed by atoms with E-state index >= 15 is 0 Å². The Hall–Kier alpha value is -6.38. The first-order chi connectivity index (χ1) is 24.3. The van der Waals surface area contributed by atoms with Crippen molar-refractivity contribution in [2.75, 3.05) is 4.90 Å². The maximum absolute atomic E-state index is 2.51. The molecule has 0 atom stereocenters. The van der Waals surface area contributed by atoms with E-state index in [0.29, 0.717) is 0 Å². The van der Waals surface area contributed by atoms with Crippen molar-refractivity contribution < 1.29 is 1.43 Å². The summed E-state index contributed by atoms with van der Waals surface area (Å²) >= 11 is 0. The molecule has 8 aromatic carbocycles. The molecular formula is C48H38N2. The minimum Gasteiger partial charge on any atom is -0.310 e. The minimum atomic E-state index is -0.481. The molecule has 0 radical (unpaired) electrons. The lowest BCUT2D eigenvalue weighted by molar-refractivity contribution is 0.728. The van der Waals surface area contributed by atoms with Crippen LogP contribution in [0.15, 0.2) is 194 Å². The number of para-hydroxylation sites is 3. The largest absolute Gasteiger partial charge is 0.310 e. The summed E-state index contributed by atoms with van der Waals surface area (Å²) < 4.78 is 2.51. The molecule has 0 bridgehead atoms. The SMILES string of the molecule is C.[HH].c1ccc(N(c2ccc3c(c2)c2cccc4c2n3-c2ccccc2C4(c2ccccc2)c2ccccc2)c2cccc3ccccc23)cc1. The van der Waals surface area contributed by atoms with Gasteiger partial charge in [0.2, 0.25) is 0 Å². The van der Waals surface area contributed by atoms with E-state index in [9.17, 15) is 0 Å². The highest BCUT2D eigenvalue weighted by Gasteiger charge is 2.45. The molecule has 0 aliphatic carbocycles. The highest BCUT2D eigenvalue weighted by atomic mass is 15.1. The van der Waals surface area contributed by atoms with Gasteiger partial charge in [-0.25, -0.2) is 0 Å². The molecule has 1 aliphatic rings. The zero-order valence-electron chi connectivity index (χ0n) is 26.9. The van der Waals surface area contributed by atoms with Gasteiger partial charge in [0.1, 0.15) is 0 Å². The number of nitrogens with zero attached hydrogens (tertiary/aromatic N) is 2. The van der Waals surface area contributed by atoms with Crippen molar-refractivity contribution in [2.45, 2.75) is 12.8 Å². The summed E-state index contributed by atoms with van der Waals surface area (Å²) in [5.74, 6) is 0. The Morgan fingerprint density at radius 2 is 1.02 bits per heavy atom. The average molecular weight is 643 g/mol. The summed E-state index contributed by atoms with van der Waals surface area (Å²) in [5, 5.41) is 4.94. The minimum absolute atomic E-state index is 0. The van der Waals surface area contributed by atoms with E-state index in [-0.39, 0.29) is 8.85 Å². The molecule has 0 saturated carbocycles. The lowest BCUT2D eigenvalue weighted by Gasteiger charge is -2.41. The van der Waals surface area contributed by atoms with Crippen LogP contribution < -0.4 is 4.90 Å². The van der Waals surface area contributed by atoms with Crippen LogP contribution in [-0.2, 0) is 5.41 Å². The molecule has 0 saturated heterocycles. The third-order valence-electron chi connectivity index (χ3n) is 10.4. The van der Waals surface area contributed by atoms with Crippen LogP contribution in [0.4, 0.5) is 17.1 Å². The molecule has 2 nitrogen and oxygen atoms in total. The molecule has 50 heavy (non-hydrogen) atoms. The van der Waals surface area contributed by atoms with Gasteiger partial charge in [0.25, 0.3) is 0 Å². The van der Waals surface area contributed by atoms with Gasteiger partial charge < -0.3 is 9.47 Å². The molecule has 0 fully saturated rings. The summed E-state index contributed by atoms with van der Waals surface area (Å²) in [5.41, 5.74) is 11.7. The van der Waals surface area contributed by atoms with Crippen molar-refractivity contribution in [1.29, 1.82) is 0 Å². The van der Waals surface area contributed by atoms with Crippen molar-refractivity contribution in [2.24, 2.45) is 0 Å². The van der Waals surface area contributed by atoms with E-state index in [1.54, 1.807) is 0 Å². The van der Waals surface area contributed by atoms with Crippen LogP contribution in [0.2, 0.25) is 0 Å². The van der Waals surface area contributed by atoms with Crippen LogP contribution in [0.3, 0.4) is 0 Å². The first-order valence-corrected chi connectivity index (χ1v) is 17.0. The molecule has 0 N–H and O–H groups in total. The third-order valence-corrected chi connectivity index (χ3v) is 10.4. The first-order valence-electron chi connectivity index (χ1n) is 17.0. The Morgan fingerprint density at radius 1 is 0.440 bits per heavy atom. The third kappa shape index (κ3) is 4.15. The Morgan fingerprint density at radius 3 is 1.78 bits per heavy atom. The highest BCUT2D eigenvalue weighted by molar-refractivity contribution is 6.13. The molecule has 9 aromatic rings. The van der Waals surface area contributed by atoms with Gasteiger partial charge in [-0.3, -0.25) is 0 Å². The summed E-state index contributed by atoms with van der Waals surface area (Å²) in [6, 6.07) is 71.0. The number of fused-ring (bicyclic) bond motifs is 6. The van der Waals surface area contributed by atoms with Crippen LogP contribution in [0.1, 0.15) is 31.1 Å². The molecule has 1 aliphatic heterocycles. The number of hydrogen-bond acceptors (Lipinski definition) is 1. The Bertz CT molecular complexity index is 2620. The molecule has 0 spiro atoms. The Balaban J connectivity index is 0.00000187. The lowest BCUT2D eigenvalue weighted by atomic mass is 9.63. The van der Waals surface area contributed by atoms with Crippen LogP contribution >= 0.6 is 0 Å². The maximum atomic E-state index is 2.51. The van der Waals surface area contributed by atoms with E-state index < -0.39 is 5.41 Å². The standard InChI is InChI=1S/C47H32N2.CH4.H2/c1-4-18-34(19-5-1)47(35-20-6-2-7-21-35)41-26-12-13-28-45(41)49-44-31-30-37(32-40(44)39-25-15-27-42(47)46(39)49)48(36-22-8-3-9-23-36)43-29-14-17-33-16-10-11-24-38(33)43;;/h1-32H;1H4;1H. The van der Waals surface area contributed by atoms with Gasteiger partial charge in [0, 0.05) is 29.0 Å². The summed E-state index contributed by atoms with van der Waals surface area (Å²) in [6.07, 6.45) is 0. The molecule has 0 amide bonds. The van der Waals surface area contributed by atoms with E-state index in [1.807, 2.05) is 0 Å². The van der Waals surface area contributed by atoms with E-state index in [4.69, 9.17) is 0 Å². The van der Waals surface area contributed by atoms with Crippen molar-refractivity contribution in [3.05, 3.63) is 216 Å². The topological polar surface area (TPSA) is 8.17 Å². The highest BCUT2D eigenvalue weighted by Crippen LogP contribution is 2.54. The van der Waals surface area contributed by atoms with Crippen molar-refractivity contribution >= 4 is 49.6 Å². The zero-order chi connectivity index (χ0) is 32.4. The van der Waals surface area contributed by atoms with Crippen molar-refractivity contribution in [3.8, 4) is 5.69 Å². The lowest BCUT2D eigenvalue weighted by Crippen LogP contribution is -2.35. The van der Waals surface area contributed by atoms with Crippen molar-refractivity contribution in [3.63, 3.8) is 0 Å². The van der Waals surface area contributed by atoms with Gasteiger partial charge in [0.05, 0.1) is 27.8 Å². The first kappa shape index (κ1) is 29.7. The fraction of sp³-hybridized carbons (Fsp3) is 0.0417. The smallest absolute Gasteiger partial charge is 0.0742 e. The molecular weight excluding hydrogens is 605 g/mol. The number of hydrogen-bond donors (Lipinski definition) is 0. The van der Waals surface area contributed by atoms with Gasteiger partial charge in [-0.15, -0.1) is 0 Å². The zero-order valence-corrected chi connectivity index (χ0v) is 26.9. The summed E-state index contributed by atoms with van der Waals surface area (Å²) in [7, 11) is 0. The average Bonchev–Trinajstić information content (AvgIpc) is 3.51. The predicted molar refractivity (Wildman–Crippen MR) is 214 cm³/mol. The van der Waals surface area contributed by atoms with Gasteiger partial charge in [0.15, 0.2) is 0 Å². The number of aromatic nitrogens is 1. The quantitative estimate of drug-likeness (QED) is 0.181. The molecule has 2 heteroatoms. The monoisotopic (exact) mass is 642 g/mol. The normalized spacial score (nSPS) is 12.8. The second kappa shape index (κ2) is 11.6.